The Morgan fingerprint density at radius 2 is 1.88 bits per heavy atom. The van der Waals surface area contributed by atoms with Gasteiger partial charge in [0, 0.05) is 6.07 Å². The van der Waals surface area contributed by atoms with Crippen molar-refractivity contribution < 1.29 is 18.5 Å². The van der Waals surface area contributed by atoms with Gasteiger partial charge in [-0.05, 0) is 19.4 Å². The van der Waals surface area contributed by atoms with Gasteiger partial charge in [0.15, 0.2) is 11.4 Å². The van der Waals surface area contributed by atoms with Crippen molar-refractivity contribution in [3.05, 3.63) is 65.4 Å². The molecule has 2 heterocycles. The van der Waals surface area contributed by atoms with E-state index in [0.717, 1.165) is 5.56 Å². The number of aromatic nitrogens is 2. The fraction of sp³-hybridized carbons (Fsp3) is 0.176. The molecular formula is C17H16N4O4. The van der Waals surface area contributed by atoms with Crippen LogP contribution in [0.15, 0.2) is 51.6 Å². The largest absolute Gasteiger partial charge is 0.431 e. The molecule has 25 heavy (non-hydrogen) atoms. The topological polar surface area (TPSA) is 110 Å². The van der Waals surface area contributed by atoms with E-state index >= 15 is 0 Å². The molecule has 0 saturated heterocycles. The van der Waals surface area contributed by atoms with Gasteiger partial charge in [-0.3, -0.25) is 14.9 Å². The smallest absolute Gasteiger partial charge is 0.302 e. The predicted molar refractivity (Wildman–Crippen MR) is 88.0 cm³/mol. The van der Waals surface area contributed by atoms with Gasteiger partial charge in [0.1, 0.15) is 12.0 Å². The Bertz CT molecular complexity index is 885. The van der Waals surface area contributed by atoms with Crippen LogP contribution >= 0.6 is 0 Å². The van der Waals surface area contributed by atoms with E-state index in [0.29, 0.717) is 5.76 Å². The number of hydrogen-bond donors (Lipinski definition) is 2. The third-order valence-corrected chi connectivity index (χ3v) is 3.47. The number of oxazole rings is 1. The zero-order valence-electron chi connectivity index (χ0n) is 13.6. The van der Waals surface area contributed by atoms with E-state index in [1.165, 1.54) is 12.3 Å². The highest BCUT2D eigenvalue weighted by molar-refractivity contribution is 6.02. The molecule has 0 aliphatic heterocycles. The second kappa shape index (κ2) is 7.00. The van der Waals surface area contributed by atoms with Crippen LogP contribution in [0.5, 0.6) is 0 Å². The maximum atomic E-state index is 12.2. The van der Waals surface area contributed by atoms with Crippen LogP contribution in [-0.2, 0) is 0 Å². The minimum Gasteiger partial charge on any atom is -0.431 e. The van der Waals surface area contributed by atoms with E-state index in [2.05, 4.69) is 20.8 Å². The lowest BCUT2D eigenvalue weighted by molar-refractivity contribution is 0.0933. The monoisotopic (exact) mass is 340 g/mol. The number of aryl methyl sites for hydroxylation is 1. The second-order valence-corrected chi connectivity index (χ2v) is 5.42. The van der Waals surface area contributed by atoms with Crippen molar-refractivity contribution in [1.29, 1.82) is 0 Å². The van der Waals surface area contributed by atoms with Gasteiger partial charge in [-0.25, -0.2) is 0 Å². The summed E-state index contributed by atoms with van der Waals surface area (Å²) >= 11 is 0. The number of benzene rings is 1. The van der Waals surface area contributed by atoms with E-state index in [9.17, 15) is 9.59 Å². The van der Waals surface area contributed by atoms with Gasteiger partial charge in [0.2, 0.25) is 0 Å². The van der Waals surface area contributed by atoms with Crippen LogP contribution in [0.3, 0.4) is 0 Å². The zero-order valence-corrected chi connectivity index (χ0v) is 13.6. The lowest BCUT2D eigenvalue weighted by Crippen LogP contribution is -2.27. The maximum absolute atomic E-state index is 12.2. The Hall–Kier alpha value is -3.42. The molecule has 2 N–H and O–H groups in total. The molecule has 1 atom stereocenters. The van der Waals surface area contributed by atoms with Gasteiger partial charge < -0.3 is 14.3 Å². The molecule has 0 aliphatic rings. The normalized spacial score (nSPS) is 11.8. The Labute approximate surface area is 143 Å². The number of hydrogen-bond acceptors (Lipinski definition) is 6. The Balaban J connectivity index is 1.62. The van der Waals surface area contributed by atoms with Gasteiger partial charge in [-0.2, -0.15) is 4.98 Å². The minimum absolute atomic E-state index is 0.0643. The molecular weight excluding hydrogens is 324 g/mol. The van der Waals surface area contributed by atoms with Gasteiger partial charge in [0.05, 0.1) is 6.04 Å². The summed E-state index contributed by atoms with van der Waals surface area (Å²) in [6.45, 7) is 3.54. The quantitative estimate of drug-likeness (QED) is 0.739. The van der Waals surface area contributed by atoms with Crippen molar-refractivity contribution in [2.75, 3.05) is 5.32 Å². The molecule has 0 unspecified atom stereocenters. The van der Waals surface area contributed by atoms with Crippen molar-refractivity contribution in [2.24, 2.45) is 0 Å². The van der Waals surface area contributed by atoms with E-state index in [4.69, 9.17) is 8.94 Å². The lowest BCUT2D eigenvalue weighted by atomic mass is 10.1. The first-order valence-electron chi connectivity index (χ1n) is 7.59. The van der Waals surface area contributed by atoms with Crippen molar-refractivity contribution in [1.82, 2.24) is 15.5 Å². The van der Waals surface area contributed by atoms with Crippen molar-refractivity contribution in [2.45, 2.75) is 19.9 Å². The molecule has 8 nitrogen and oxygen atoms in total. The predicted octanol–water partition coefficient (Wildman–Crippen LogP) is 2.71. The van der Waals surface area contributed by atoms with Crippen LogP contribution in [0.4, 0.5) is 6.01 Å². The molecule has 0 aliphatic carbocycles. The highest BCUT2D eigenvalue weighted by Crippen LogP contribution is 2.14. The number of nitrogens with zero attached hydrogens (tertiary/aromatic N) is 2. The SMILES string of the molecule is Cc1cc(C(=O)Nc2nc(C(=O)N[C@@H](C)c3ccccc3)co2)no1. The average Bonchev–Trinajstić information content (AvgIpc) is 3.25. The molecule has 1 aromatic carbocycles. The molecule has 0 spiro atoms. The highest BCUT2D eigenvalue weighted by atomic mass is 16.5. The average molecular weight is 340 g/mol. The number of carbonyl (C=O) groups excluding carboxylic acids is 2. The summed E-state index contributed by atoms with van der Waals surface area (Å²) in [6, 6.07) is 10.7. The van der Waals surface area contributed by atoms with Gasteiger partial charge in [0.25, 0.3) is 11.8 Å². The number of rotatable bonds is 5. The summed E-state index contributed by atoms with van der Waals surface area (Å²) in [5.74, 6) is -0.436. The molecule has 0 fully saturated rings. The Morgan fingerprint density at radius 1 is 1.12 bits per heavy atom. The third kappa shape index (κ3) is 3.92. The fourth-order valence-electron chi connectivity index (χ4n) is 2.17. The van der Waals surface area contributed by atoms with Crippen LogP contribution in [-0.4, -0.2) is 22.0 Å². The molecule has 2 amide bonds. The van der Waals surface area contributed by atoms with Crippen LogP contribution in [0, 0.1) is 6.92 Å². The number of carbonyl (C=O) groups is 2. The Kier molecular flexibility index (Phi) is 4.60. The first-order valence-corrected chi connectivity index (χ1v) is 7.59. The lowest BCUT2D eigenvalue weighted by Gasteiger charge is -2.12. The maximum Gasteiger partial charge on any atom is 0.302 e. The molecule has 3 aromatic rings. The van der Waals surface area contributed by atoms with E-state index in [1.54, 1.807) is 6.92 Å². The standard InChI is InChI=1S/C17H16N4O4/c1-10-8-13(21-25-10)15(22)20-17-19-14(9-24-17)16(23)18-11(2)12-6-4-3-5-7-12/h3-9,11H,1-2H3,(H,18,23)(H,19,20,22)/t11-/m0/s1. The minimum atomic E-state index is -0.539. The fourth-order valence-corrected chi connectivity index (χ4v) is 2.17. The summed E-state index contributed by atoms with van der Waals surface area (Å²) in [5.41, 5.74) is 1.13. The first-order chi connectivity index (χ1) is 12.0. The Morgan fingerprint density at radius 3 is 2.56 bits per heavy atom. The van der Waals surface area contributed by atoms with Gasteiger partial charge >= 0.3 is 6.01 Å². The summed E-state index contributed by atoms with van der Waals surface area (Å²) < 4.78 is 9.94. The van der Waals surface area contributed by atoms with E-state index in [-0.39, 0.29) is 23.4 Å². The van der Waals surface area contributed by atoms with E-state index in [1.807, 2.05) is 37.3 Å². The summed E-state index contributed by atoms with van der Waals surface area (Å²) in [6.07, 6.45) is 1.18. The molecule has 128 valence electrons. The van der Waals surface area contributed by atoms with Crippen molar-refractivity contribution in [3.8, 4) is 0 Å². The molecule has 2 aromatic heterocycles. The van der Waals surface area contributed by atoms with Crippen molar-refractivity contribution >= 4 is 17.8 Å². The molecule has 0 bridgehead atoms. The van der Waals surface area contributed by atoms with Crippen LogP contribution < -0.4 is 10.6 Å². The first kappa shape index (κ1) is 16.4. The highest BCUT2D eigenvalue weighted by Gasteiger charge is 2.18. The van der Waals surface area contributed by atoms with Crippen LogP contribution in [0.2, 0.25) is 0 Å². The number of amides is 2. The van der Waals surface area contributed by atoms with Gasteiger partial charge in [-0.15, -0.1) is 0 Å². The second-order valence-electron chi connectivity index (χ2n) is 5.42. The zero-order chi connectivity index (χ0) is 17.8. The molecule has 0 saturated carbocycles. The van der Waals surface area contributed by atoms with E-state index < -0.39 is 11.8 Å². The number of nitrogens with one attached hydrogen (secondary N) is 2. The van der Waals surface area contributed by atoms with Crippen LogP contribution in [0.25, 0.3) is 0 Å². The van der Waals surface area contributed by atoms with Gasteiger partial charge in [-0.1, -0.05) is 35.5 Å². The summed E-state index contributed by atoms with van der Waals surface area (Å²) in [5, 5.41) is 8.82. The summed E-state index contributed by atoms with van der Waals surface area (Å²) in [4.78, 5) is 28.1. The summed E-state index contributed by atoms with van der Waals surface area (Å²) in [7, 11) is 0. The molecule has 3 rings (SSSR count). The van der Waals surface area contributed by atoms with Crippen molar-refractivity contribution in [3.63, 3.8) is 0 Å². The van der Waals surface area contributed by atoms with Crippen LogP contribution in [0.1, 0.15) is 45.3 Å². The third-order valence-electron chi connectivity index (χ3n) is 3.47. The molecule has 0 radical (unpaired) electrons. The number of anilines is 1. The molecule has 8 heteroatoms.